The fourth-order valence-electron chi connectivity index (χ4n) is 1.16. The van der Waals surface area contributed by atoms with Crippen LogP contribution in [0.15, 0.2) is 24.3 Å². The monoisotopic (exact) mass is 175 g/mol. The quantitative estimate of drug-likeness (QED) is 0.704. The van der Waals surface area contributed by atoms with Gasteiger partial charge in [0, 0.05) is 0 Å². The predicted molar refractivity (Wildman–Crippen MR) is 51.5 cm³/mol. The molecule has 0 aromatic heterocycles. The van der Waals surface area contributed by atoms with E-state index in [2.05, 4.69) is 6.92 Å². The minimum absolute atomic E-state index is 0.118. The van der Waals surface area contributed by atoms with Gasteiger partial charge in [0.05, 0.1) is 0 Å². The Balaban J connectivity index is 2.54. The summed E-state index contributed by atoms with van der Waals surface area (Å²) in [5.74, 6) is 0.765. The molecule has 68 valence electrons. The van der Waals surface area contributed by atoms with Crippen molar-refractivity contribution in [2.75, 3.05) is 6.61 Å². The Kier molecular flexibility index (Phi) is 3.84. The summed E-state index contributed by atoms with van der Waals surface area (Å²) in [5, 5.41) is 8.29. The molecule has 0 saturated heterocycles. The van der Waals surface area contributed by atoms with Crippen molar-refractivity contribution in [1.82, 2.24) is 0 Å². The summed E-state index contributed by atoms with van der Waals surface area (Å²) >= 11 is 0. The van der Waals surface area contributed by atoms with E-state index in [0.717, 1.165) is 18.6 Å². The average Bonchev–Trinajstić information content (AvgIpc) is 2.17. The van der Waals surface area contributed by atoms with Crippen LogP contribution < -0.4 is 4.74 Å². The largest absolute Gasteiger partial charge is 0.479 e. The van der Waals surface area contributed by atoms with E-state index in [9.17, 15) is 0 Å². The molecule has 1 aromatic rings. The molecule has 0 atom stereocenters. The molecular weight excluding hydrogens is 162 g/mol. The van der Waals surface area contributed by atoms with Crippen molar-refractivity contribution < 1.29 is 4.74 Å². The van der Waals surface area contributed by atoms with Crippen molar-refractivity contribution in [3.63, 3.8) is 0 Å². The molecular formula is C11H13NO. The van der Waals surface area contributed by atoms with Crippen LogP contribution in [0, 0.1) is 11.3 Å². The first-order valence-corrected chi connectivity index (χ1v) is 4.45. The van der Waals surface area contributed by atoms with Gasteiger partial charge < -0.3 is 4.74 Å². The van der Waals surface area contributed by atoms with Crippen LogP contribution in [-0.4, -0.2) is 6.61 Å². The van der Waals surface area contributed by atoms with Crippen LogP contribution >= 0.6 is 0 Å². The van der Waals surface area contributed by atoms with Gasteiger partial charge >= 0.3 is 0 Å². The molecule has 0 unspecified atom stereocenters. The average molecular weight is 175 g/mol. The second kappa shape index (κ2) is 5.21. The standard InChI is InChI=1S/C11H13NO/c1-2-3-10-4-6-11(7-5-10)13-9-8-12/h4-7H,2-3,9H2,1H3. The molecule has 0 amide bonds. The molecule has 2 heteroatoms. The SMILES string of the molecule is CCCc1ccc(OCC#N)cc1. The lowest BCUT2D eigenvalue weighted by molar-refractivity contribution is 0.368. The van der Waals surface area contributed by atoms with E-state index < -0.39 is 0 Å². The van der Waals surface area contributed by atoms with Crippen LogP contribution in [0.4, 0.5) is 0 Å². The Morgan fingerprint density at radius 1 is 1.31 bits per heavy atom. The number of rotatable bonds is 4. The summed E-state index contributed by atoms with van der Waals surface area (Å²) < 4.78 is 5.13. The van der Waals surface area contributed by atoms with Crippen molar-refractivity contribution in [3.8, 4) is 11.8 Å². The summed E-state index contributed by atoms with van der Waals surface area (Å²) in [6.07, 6.45) is 2.25. The van der Waals surface area contributed by atoms with Crippen molar-refractivity contribution >= 4 is 0 Å². The fourth-order valence-corrected chi connectivity index (χ4v) is 1.16. The van der Waals surface area contributed by atoms with Crippen molar-refractivity contribution in [2.45, 2.75) is 19.8 Å². The van der Waals surface area contributed by atoms with Crippen molar-refractivity contribution in [1.29, 1.82) is 5.26 Å². The number of benzene rings is 1. The third-order valence-corrected chi connectivity index (χ3v) is 1.77. The number of ether oxygens (including phenoxy) is 1. The molecule has 0 aliphatic carbocycles. The zero-order valence-corrected chi connectivity index (χ0v) is 7.79. The van der Waals surface area contributed by atoms with Crippen LogP contribution in [0.5, 0.6) is 5.75 Å². The van der Waals surface area contributed by atoms with Crippen LogP contribution in [0.25, 0.3) is 0 Å². The molecule has 0 aliphatic heterocycles. The molecule has 13 heavy (non-hydrogen) atoms. The number of hydrogen-bond donors (Lipinski definition) is 0. The van der Waals surface area contributed by atoms with Crippen LogP contribution in [0.1, 0.15) is 18.9 Å². The Labute approximate surface area is 78.8 Å². The van der Waals surface area contributed by atoms with E-state index in [4.69, 9.17) is 10.00 Å². The molecule has 2 nitrogen and oxygen atoms in total. The van der Waals surface area contributed by atoms with Gasteiger partial charge in [-0.1, -0.05) is 25.5 Å². The lowest BCUT2D eigenvalue weighted by Crippen LogP contribution is -1.93. The molecule has 0 N–H and O–H groups in total. The maximum Gasteiger partial charge on any atom is 0.174 e. The summed E-state index contributed by atoms with van der Waals surface area (Å²) in [6, 6.07) is 9.82. The maximum absolute atomic E-state index is 8.29. The Hall–Kier alpha value is -1.49. The van der Waals surface area contributed by atoms with Gasteiger partial charge in [-0.05, 0) is 24.1 Å². The Morgan fingerprint density at radius 2 is 2.00 bits per heavy atom. The van der Waals surface area contributed by atoms with E-state index in [-0.39, 0.29) is 6.61 Å². The first kappa shape index (κ1) is 9.60. The Morgan fingerprint density at radius 3 is 2.54 bits per heavy atom. The van der Waals surface area contributed by atoms with E-state index in [0.29, 0.717) is 0 Å². The number of hydrogen-bond acceptors (Lipinski definition) is 2. The van der Waals surface area contributed by atoms with E-state index >= 15 is 0 Å². The number of nitriles is 1. The maximum atomic E-state index is 8.29. The van der Waals surface area contributed by atoms with E-state index in [1.54, 1.807) is 0 Å². The Bertz CT molecular complexity index is 284. The first-order valence-electron chi connectivity index (χ1n) is 4.45. The number of nitrogens with zero attached hydrogens (tertiary/aromatic N) is 1. The summed E-state index contributed by atoms with van der Waals surface area (Å²) in [6.45, 7) is 2.27. The smallest absolute Gasteiger partial charge is 0.174 e. The van der Waals surface area contributed by atoms with Gasteiger partial charge in [-0.25, -0.2) is 0 Å². The normalized spacial score (nSPS) is 9.23. The van der Waals surface area contributed by atoms with Gasteiger partial charge in [-0.2, -0.15) is 5.26 Å². The third kappa shape index (κ3) is 3.16. The summed E-state index contributed by atoms with van der Waals surface area (Å²) in [4.78, 5) is 0. The molecule has 0 aliphatic rings. The van der Waals surface area contributed by atoms with E-state index in [1.807, 2.05) is 30.3 Å². The first-order chi connectivity index (χ1) is 6.36. The highest BCUT2D eigenvalue weighted by atomic mass is 16.5. The van der Waals surface area contributed by atoms with Crippen molar-refractivity contribution in [3.05, 3.63) is 29.8 Å². The zero-order valence-electron chi connectivity index (χ0n) is 7.79. The minimum atomic E-state index is 0.118. The fraction of sp³-hybridized carbons (Fsp3) is 0.364. The van der Waals surface area contributed by atoms with Crippen molar-refractivity contribution in [2.24, 2.45) is 0 Å². The lowest BCUT2D eigenvalue weighted by Gasteiger charge is -2.02. The van der Waals surface area contributed by atoms with Crippen LogP contribution in [-0.2, 0) is 6.42 Å². The van der Waals surface area contributed by atoms with Gasteiger partial charge in [0.2, 0.25) is 0 Å². The van der Waals surface area contributed by atoms with Gasteiger partial charge in [0.25, 0.3) is 0 Å². The lowest BCUT2D eigenvalue weighted by atomic mass is 10.1. The molecule has 0 bridgehead atoms. The molecule has 0 radical (unpaired) electrons. The second-order valence-electron chi connectivity index (χ2n) is 2.84. The summed E-state index contributed by atoms with van der Waals surface area (Å²) in [7, 11) is 0. The summed E-state index contributed by atoms with van der Waals surface area (Å²) in [5.41, 5.74) is 1.31. The molecule has 1 rings (SSSR count). The van der Waals surface area contributed by atoms with Gasteiger partial charge in [0.1, 0.15) is 11.8 Å². The highest BCUT2D eigenvalue weighted by molar-refractivity contribution is 5.27. The van der Waals surface area contributed by atoms with Crippen LogP contribution in [0.3, 0.4) is 0 Å². The van der Waals surface area contributed by atoms with Gasteiger partial charge in [0.15, 0.2) is 6.61 Å². The van der Waals surface area contributed by atoms with E-state index in [1.165, 1.54) is 5.56 Å². The van der Waals surface area contributed by atoms with Crippen LogP contribution in [0.2, 0.25) is 0 Å². The molecule has 0 spiro atoms. The zero-order chi connectivity index (χ0) is 9.52. The molecule has 0 heterocycles. The highest BCUT2D eigenvalue weighted by Crippen LogP contribution is 2.12. The second-order valence-corrected chi connectivity index (χ2v) is 2.84. The topological polar surface area (TPSA) is 33.0 Å². The minimum Gasteiger partial charge on any atom is -0.479 e. The number of aryl methyl sites for hydroxylation is 1. The van der Waals surface area contributed by atoms with Gasteiger partial charge in [-0.3, -0.25) is 0 Å². The highest BCUT2D eigenvalue weighted by Gasteiger charge is 1.93. The van der Waals surface area contributed by atoms with Gasteiger partial charge in [-0.15, -0.1) is 0 Å². The predicted octanol–water partition coefficient (Wildman–Crippen LogP) is 2.54. The molecule has 0 saturated carbocycles. The third-order valence-electron chi connectivity index (χ3n) is 1.77. The molecule has 1 aromatic carbocycles. The molecule has 0 fully saturated rings.